The molecule has 136 valence electrons. The van der Waals surface area contributed by atoms with Crippen LogP contribution in [0.1, 0.15) is 29.1 Å². The van der Waals surface area contributed by atoms with E-state index >= 15 is 0 Å². The standard InChI is InChI=1S/C20H24N4OS/c25-19(11-16-14-26-20(23-16)13-24-9-3-4-10-24)21-8-7-15-12-22-18-6-2-1-5-17(15)18/h1-2,5-6,12,14,22H,3-4,7-11,13H2,(H,21,25). The number of fused-ring (bicyclic) bond motifs is 1. The normalized spacial score (nSPS) is 14.9. The highest BCUT2D eigenvalue weighted by molar-refractivity contribution is 7.09. The summed E-state index contributed by atoms with van der Waals surface area (Å²) in [6.45, 7) is 3.91. The van der Waals surface area contributed by atoms with Gasteiger partial charge in [-0.3, -0.25) is 9.69 Å². The van der Waals surface area contributed by atoms with E-state index in [1.807, 2.05) is 23.7 Å². The lowest BCUT2D eigenvalue weighted by Gasteiger charge is -2.11. The molecule has 0 spiro atoms. The van der Waals surface area contributed by atoms with Crippen molar-refractivity contribution >= 4 is 28.1 Å². The number of H-pyrrole nitrogens is 1. The van der Waals surface area contributed by atoms with Crippen LogP contribution >= 0.6 is 11.3 Å². The van der Waals surface area contributed by atoms with Gasteiger partial charge in [0.25, 0.3) is 0 Å². The van der Waals surface area contributed by atoms with Gasteiger partial charge in [-0.25, -0.2) is 4.98 Å². The summed E-state index contributed by atoms with van der Waals surface area (Å²) in [6, 6.07) is 8.25. The molecular weight excluding hydrogens is 344 g/mol. The molecule has 6 heteroatoms. The minimum atomic E-state index is 0.0443. The molecule has 1 fully saturated rings. The molecule has 1 aromatic carbocycles. The summed E-state index contributed by atoms with van der Waals surface area (Å²) in [4.78, 5) is 22.5. The van der Waals surface area contributed by atoms with Crippen molar-refractivity contribution in [1.82, 2.24) is 20.2 Å². The third-order valence-electron chi connectivity index (χ3n) is 4.89. The second-order valence-corrected chi connectivity index (χ2v) is 7.79. The molecule has 3 aromatic rings. The Bertz CT molecular complexity index is 879. The number of likely N-dealkylation sites (tertiary alicyclic amines) is 1. The predicted octanol–water partition coefficient (Wildman–Crippen LogP) is 3.12. The summed E-state index contributed by atoms with van der Waals surface area (Å²) in [7, 11) is 0. The molecule has 1 aliphatic heterocycles. The van der Waals surface area contributed by atoms with Gasteiger partial charge >= 0.3 is 0 Å². The Morgan fingerprint density at radius 1 is 1.27 bits per heavy atom. The van der Waals surface area contributed by atoms with Gasteiger partial charge in [0.2, 0.25) is 5.91 Å². The zero-order valence-corrected chi connectivity index (χ0v) is 15.6. The van der Waals surface area contributed by atoms with Gasteiger partial charge in [0.15, 0.2) is 0 Å². The van der Waals surface area contributed by atoms with E-state index in [9.17, 15) is 4.79 Å². The first-order chi connectivity index (χ1) is 12.8. The summed E-state index contributed by atoms with van der Waals surface area (Å²) < 4.78 is 0. The van der Waals surface area contributed by atoms with Crippen LogP contribution in [0.2, 0.25) is 0 Å². The molecule has 0 unspecified atom stereocenters. The van der Waals surface area contributed by atoms with Crippen LogP contribution in [0.5, 0.6) is 0 Å². The van der Waals surface area contributed by atoms with Gasteiger partial charge in [-0.05, 0) is 44.0 Å². The van der Waals surface area contributed by atoms with Gasteiger partial charge in [-0.15, -0.1) is 11.3 Å². The van der Waals surface area contributed by atoms with Crippen LogP contribution in [0.4, 0.5) is 0 Å². The second kappa shape index (κ2) is 8.01. The van der Waals surface area contributed by atoms with E-state index in [1.165, 1.54) is 36.9 Å². The van der Waals surface area contributed by atoms with E-state index in [2.05, 4.69) is 32.3 Å². The van der Waals surface area contributed by atoms with Crippen LogP contribution in [0.3, 0.4) is 0 Å². The van der Waals surface area contributed by atoms with Crippen LogP contribution in [0.25, 0.3) is 10.9 Å². The maximum atomic E-state index is 12.2. The van der Waals surface area contributed by atoms with Crippen molar-refractivity contribution in [3.8, 4) is 0 Å². The Morgan fingerprint density at radius 2 is 2.12 bits per heavy atom. The topological polar surface area (TPSA) is 61.0 Å². The third-order valence-corrected chi connectivity index (χ3v) is 5.77. The zero-order valence-electron chi connectivity index (χ0n) is 14.8. The van der Waals surface area contributed by atoms with E-state index in [0.29, 0.717) is 13.0 Å². The highest BCUT2D eigenvalue weighted by Gasteiger charge is 2.14. The monoisotopic (exact) mass is 368 g/mol. The minimum Gasteiger partial charge on any atom is -0.361 e. The molecule has 1 amide bonds. The van der Waals surface area contributed by atoms with Gasteiger partial charge in [0.05, 0.1) is 18.7 Å². The number of hydrogen-bond acceptors (Lipinski definition) is 4. The second-order valence-electron chi connectivity index (χ2n) is 6.85. The number of aromatic amines is 1. The van der Waals surface area contributed by atoms with Crippen LogP contribution < -0.4 is 5.32 Å². The average molecular weight is 369 g/mol. The smallest absolute Gasteiger partial charge is 0.226 e. The van der Waals surface area contributed by atoms with E-state index in [4.69, 9.17) is 0 Å². The highest BCUT2D eigenvalue weighted by atomic mass is 32.1. The Morgan fingerprint density at radius 3 is 3.00 bits per heavy atom. The van der Waals surface area contributed by atoms with Gasteiger partial charge < -0.3 is 10.3 Å². The average Bonchev–Trinajstić information content (AvgIpc) is 3.38. The maximum Gasteiger partial charge on any atom is 0.226 e. The fourth-order valence-corrected chi connectivity index (χ4v) is 4.37. The van der Waals surface area contributed by atoms with Crippen molar-refractivity contribution in [3.63, 3.8) is 0 Å². The third kappa shape index (κ3) is 4.14. The SMILES string of the molecule is O=C(Cc1csc(CN2CCCC2)n1)NCCc1c[nH]c2ccccc12. The molecule has 26 heavy (non-hydrogen) atoms. The number of rotatable bonds is 7. The molecule has 1 aliphatic rings. The number of carbonyl (C=O) groups is 1. The summed E-state index contributed by atoms with van der Waals surface area (Å²) in [5.74, 6) is 0.0443. The number of aromatic nitrogens is 2. The lowest BCUT2D eigenvalue weighted by atomic mass is 10.1. The van der Waals surface area contributed by atoms with Crippen molar-refractivity contribution in [2.45, 2.75) is 32.2 Å². The lowest BCUT2D eigenvalue weighted by Crippen LogP contribution is -2.27. The van der Waals surface area contributed by atoms with E-state index in [1.54, 1.807) is 11.3 Å². The number of para-hydroxylation sites is 1. The number of nitrogens with zero attached hydrogens (tertiary/aromatic N) is 2. The number of nitrogens with one attached hydrogen (secondary N) is 2. The summed E-state index contributed by atoms with van der Waals surface area (Å²) in [5, 5.41) is 7.38. The number of carbonyl (C=O) groups excluding carboxylic acids is 1. The van der Waals surface area contributed by atoms with Crippen molar-refractivity contribution in [3.05, 3.63) is 52.1 Å². The van der Waals surface area contributed by atoms with E-state index in [-0.39, 0.29) is 5.91 Å². The van der Waals surface area contributed by atoms with Crippen molar-refractivity contribution < 1.29 is 4.79 Å². The van der Waals surface area contributed by atoms with Crippen molar-refractivity contribution in [2.75, 3.05) is 19.6 Å². The number of benzene rings is 1. The maximum absolute atomic E-state index is 12.2. The largest absolute Gasteiger partial charge is 0.361 e. The fourth-order valence-electron chi connectivity index (χ4n) is 3.54. The molecule has 2 aromatic heterocycles. The first-order valence-electron chi connectivity index (χ1n) is 9.25. The zero-order chi connectivity index (χ0) is 17.8. The lowest BCUT2D eigenvalue weighted by molar-refractivity contribution is -0.120. The van der Waals surface area contributed by atoms with Crippen LogP contribution in [0, 0.1) is 0 Å². The van der Waals surface area contributed by atoms with Gasteiger partial charge in [0.1, 0.15) is 5.01 Å². The quantitative estimate of drug-likeness (QED) is 0.674. The van der Waals surface area contributed by atoms with Gasteiger partial charge in [-0.1, -0.05) is 18.2 Å². The highest BCUT2D eigenvalue weighted by Crippen LogP contribution is 2.18. The molecule has 0 saturated carbocycles. The van der Waals surface area contributed by atoms with Gasteiger partial charge in [0, 0.05) is 29.0 Å². The molecule has 5 nitrogen and oxygen atoms in total. The molecular formula is C20H24N4OS. The molecule has 2 N–H and O–H groups in total. The van der Waals surface area contributed by atoms with Crippen LogP contribution in [-0.2, 0) is 24.2 Å². The summed E-state index contributed by atoms with van der Waals surface area (Å²) in [5.41, 5.74) is 3.26. The number of thiazole rings is 1. The Labute approximate surface area is 157 Å². The van der Waals surface area contributed by atoms with Crippen LogP contribution in [-0.4, -0.2) is 40.4 Å². The molecule has 0 radical (unpaired) electrons. The molecule has 0 bridgehead atoms. The Balaban J connectivity index is 1.24. The summed E-state index contributed by atoms with van der Waals surface area (Å²) >= 11 is 1.66. The molecule has 0 atom stereocenters. The van der Waals surface area contributed by atoms with Gasteiger partial charge in [-0.2, -0.15) is 0 Å². The Hall–Kier alpha value is -2.18. The summed E-state index contributed by atoms with van der Waals surface area (Å²) in [6.07, 6.45) is 5.80. The Kier molecular flexibility index (Phi) is 5.32. The van der Waals surface area contributed by atoms with E-state index in [0.717, 1.165) is 29.2 Å². The van der Waals surface area contributed by atoms with Crippen molar-refractivity contribution in [1.29, 1.82) is 0 Å². The molecule has 3 heterocycles. The first kappa shape index (κ1) is 17.2. The van der Waals surface area contributed by atoms with Crippen LogP contribution in [0.15, 0.2) is 35.8 Å². The molecule has 1 saturated heterocycles. The predicted molar refractivity (Wildman–Crippen MR) is 105 cm³/mol. The van der Waals surface area contributed by atoms with Crippen molar-refractivity contribution in [2.24, 2.45) is 0 Å². The fraction of sp³-hybridized carbons (Fsp3) is 0.400. The molecule has 0 aliphatic carbocycles. The number of amides is 1. The van der Waals surface area contributed by atoms with E-state index < -0.39 is 0 Å². The molecule has 4 rings (SSSR count). The minimum absolute atomic E-state index is 0.0443. The first-order valence-corrected chi connectivity index (χ1v) is 10.1. The number of hydrogen-bond donors (Lipinski definition) is 2.